The zero-order valence-corrected chi connectivity index (χ0v) is 18.5. The van der Waals surface area contributed by atoms with Gasteiger partial charge >= 0.3 is 0 Å². The molecule has 2 aromatic carbocycles. The van der Waals surface area contributed by atoms with Crippen molar-refractivity contribution in [3.05, 3.63) is 66.5 Å². The molecule has 0 aliphatic carbocycles. The maximum atomic E-state index is 10.4. The first-order valence-corrected chi connectivity index (χ1v) is 10.9. The Kier molecular flexibility index (Phi) is 7.39. The van der Waals surface area contributed by atoms with Crippen LogP contribution in [0.2, 0.25) is 0 Å². The van der Waals surface area contributed by atoms with E-state index in [1.54, 1.807) is 12.3 Å². The van der Waals surface area contributed by atoms with E-state index in [0.717, 1.165) is 34.2 Å². The molecule has 0 radical (unpaired) electrons. The van der Waals surface area contributed by atoms with Gasteiger partial charge in [-0.25, -0.2) is 0 Å². The molecule has 2 atom stereocenters. The van der Waals surface area contributed by atoms with E-state index in [4.69, 9.17) is 19.4 Å². The fraction of sp³-hybridized carbons (Fsp3) is 0.280. The van der Waals surface area contributed by atoms with Gasteiger partial charge in [0.25, 0.3) is 0 Å². The molecule has 8 heteroatoms. The lowest BCUT2D eigenvalue weighted by atomic mass is 10.1. The van der Waals surface area contributed by atoms with Crippen molar-refractivity contribution in [3.8, 4) is 22.8 Å². The van der Waals surface area contributed by atoms with E-state index in [2.05, 4.69) is 28.4 Å². The van der Waals surface area contributed by atoms with Crippen LogP contribution >= 0.6 is 0 Å². The van der Waals surface area contributed by atoms with Crippen molar-refractivity contribution in [2.45, 2.75) is 25.5 Å². The number of nitrogens with one attached hydrogen (secondary N) is 3. The summed E-state index contributed by atoms with van der Waals surface area (Å²) >= 11 is 0. The Bertz CT molecular complexity index is 1170. The summed E-state index contributed by atoms with van der Waals surface area (Å²) in [6.07, 6.45) is 4.93. The minimum absolute atomic E-state index is 0.145. The molecule has 2 aromatic heterocycles. The molecule has 33 heavy (non-hydrogen) atoms. The lowest BCUT2D eigenvalue weighted by molar-refractivity contribution is 0.104. The number of aromatic nitrogens is 2. The summed E-state index contributed by atoms with van der Waals surface area (Å²) in [7, 11) is 0. The van der Waals surface area contributed by atoms with Gasteiger partial charge in [0.2, 0.25) is 0 Å². The number of fused-ring (bicyclic) bond motifs is 1. The molecule has 4 aromatic rings. The molecule has 0 amide bonds. The van der Waals surface area contributed by atoms with Crippen LogP contribution in [0.5, 0.6) is 11.5 Å². The molecule has 4 rings (SSSR count). The number of ether oxygens (including phenoxy) is 2. The molecule has 0 saturated carbocycles. The summed E-state index contributed by atoms with van der Waals surface area (Å²) < 4.78 is 16.7. The molecule has 8 nitrogen and oxygen atoms in total. The van der Waals surface area contributed by atoms with E-state index < -0.39 is 6.10 Å². The zero-order chi connectivity index (χ0) is 23.0. The quantitative estimate of drug-likeness (QED) is 0.245. The minimum atomic E-state index is -0.667. The highest BCUT2D eigenvalue weighted by molar-refractivity contribution is 5.88. The summed E-state index contributed by atoms with van der Waals surface area (Å²) in [5, 5.41) is 25.8. The second kappa shape index (κ2) is 10.8. The lowest BCUT2D eigenvalue weighted by Crippen LogP contribution is -2.37. The highest BCUT2D eigenvalue weighted by Crippen LogP contribution is 2.30. The van der Waals surface area contributed by atoms with Gasteiger partial charge < -0.3 is 34.8 Å². The van der Waals surface area contributed by atoms with Crippen LogP contribution in [0.15, 0.2) is 65.4 Å². The molecular weight excluding hydrogens is 420 g/mol. The Morgan fingerprint density at radius 1 is 1.15 bits per heavy atom. The molecule has 0 aliphatic heterocycles. The third-order valence-corrected chi connectivity index (χ3v) is 5.33. The number of hydrogen-bond donors (Lipinski definition) is 4. The van der Waals surface area contributed by atoms with Crippen LogP contribution in [-0.2, 0) is 6.42 Å². The molecule has 0 spiro atoms. The lowest BCUT2D eigenvalue weighted by Gasteiger charge is -2.18. The average Bonchev–Trinajstić information content (AvgIpc) is 3.51. The molecule has 2 heterocycles. The Balaban J connectivity index is 1.29. The van der Waals surface area contributed by atoms with Gasteiger partial charge in [0, 0.05) is 36.5 Å². The van der Waals surface area contributed by atoms with Gasteiger partial charge in [-0.2, -0.15) is 0 Å². The average molecular weight is 449 g/mol. The van der Waals surface area contributed by atoms with Crippen molar-refractivity contribution >= 4 is 17.1 Å². The van der Waals surface area contributed by atoms with Crippen molar-refractivity contribution in [3.63, 3.8) is 0 Å². The number of aromatic amines is 1. The number of nitrogens with zero attached hydrogens (tertiary/aromatic N) is 1. The van der Waals surface area contributed by atoms with Crippen molar-refractivity contribution in [2.75, 3.05) is 19.8 Å². The van der Waals surface area contributed by atoms with E-state index in [1.165, 1.54) is 6.21 Å². The van der Waals surface area contributed by atoms with Crippen LogP contribution < -0.4 is 14.8 Å². The fourth-order valence-electron chi connectivity index (χ4n) is 3.74. The van der Waals surface area contributed by atoms with Crippen LogP contribution in [0.3, 0.4) is 0 Å². The number of benzene rings is 2. The normalized spacial score (nSPS) is 13.0. The first kappa shape index (κ1) is 22.6. The highest BCUT2D eigenvalue weighted by Gasteiger charge is 2.14. The van der Waals surface area contributed by atoms with Gasteiger partial charge in [0.1, 0.15) is 30.8 Å². The van der Waals surface area contributed by atoms with Gasteiger partial charge in [-0.15, -0.1) is 0 Å². The van der Waals surface area contributed by atoms with Crippen LogP contribution in [0.4, 0.5) is 0 Å². The van der Waals surface area contributed by atoms with E-state index in [-0.39, 0.29) is 19.3 Å². The van der Waals surface area contributed by atoms with Crippen LogP contribution in [0, 0.1) is 5.41 Å². The molecule has 0 aliphatic rings. The van der Waals surface area contributed by atoms with Crippen LogP contribution in [-0.4, -0.2) is 53.4 Å². The van der Waals surface area contributed by atoms with Crippen molar-refractivity contribution < 1.29 is 19.1 Å². The van der Waals surface area contributed by atoms with Crippen molar-refractivity contribution in [1.29, 1.82) is 5.41 Å². The maximum Gasteiger partial charge on any atom is 0.170 e. The second-order valence-corrected chi connectivity index (χ2v) is 7.86. The first-order valence-electron chi connectivity index (χ1n) is 10.9. The third-order valence-electron chi connectivity index (χ3n) is 5.33. The van der Waals surface area contributed by atoms with Crippen molar-refractivity contribution in [2.24, 2.45) is 0 Å². The van der Waals surface area contributed by atoms with Crippen LogP contribution in [0.25, 0.3) is 22.2 Å². The second-order valence-electron chi connectivity index (χ2n) is 7.86. The van der Waals surface area contributed by atoms with E-state index in [9.17, 15) is 5.11 Å². The molecule has 1 unspecified atom stereocenters. The Morgan fingerprint density at radius 2 is 2.00 bits per heavy atom. The molecule has 172 valence electrons. The summed E-state index contributed by atoms with van der Waals surface area (Å²) in [4.78, 5) is 3.28. The first-order chi connectivity index (χ1) is 16.2. The fourth-order valence-corrected chi connectivity index (χ4v) is 3.74. The largest absolute Gasteiger partial charge is 0.490 e. The van der Waals surface area contributed by atoms with E-state index >= 15 is 0 Å². The number of aliphatic hydroxyl groups is 1. The third kappa shape index (κ3) is 5.60. The topological polar surface area (TPSA) is 116 Å². The molecule has 0 saturated heterocycles. The predicted molar refractivity (Wildman–Crippen MR) is 127 cm³/mol. The summed E-state index contributed by atoms with van der Waals surface area (Å²) in [6.45, 7) is 2.89. The van der Waals surface area contributed by atoms with Gasteiger partial charge in [-0.3, -0.25) is 0 Å². The highest BCUT2D eigenvalue weighted by atomic mass is 16.5. The smallest absolute Gasteiger partial charge is 0.170 e. The summed E-state index contributed by atoms with van der Waals surface area (Å²) in [6, 6.07) is 15.3. The summed E-state index contributed by atoms with van der Waals surface area (Å²) in [5.41, 5.74) is 2.89. The number of hydrogen-bond acceptors (Lipinski definition) is 7. The predicted octanol–water partition coefficient (Wildman–Crippen LogP) is 3.81. The monoisotopic (exact) mass is 448 g/mol. The molecule has 4 N–H and O–H groups in total. The van der Waals surface area contributed by atoms with Gasteiger partial charge in [0.15, 0.2) is 5.76 Å². The molecule has 0 bridgehead atoms. The number of rotatable bonds is 12. The Labute approximate surface area is 192 Å². The Hall–Kier alpha value is -3.62. The molecular formula is C25H28N4O4. The van der Waals surface area contributed by atoms with Crippen LogP contribution in [0.1, 0.15) is 12.5 Å². The van der Waals surface area contributed by atoms with Gasteiger partial charge in [-0.05, 0) is 37.1 Å². The van der Waals surface area contributed by atoms with Crippen molar-refractivity contribution in [1.82, 2.24) is 15.5 Å². The number of H-pyrrole nitrogens is 1. The molecule has 0 fully saturated rings. The maximum absolute atomic E-state index is 10.4. The number of para-hydroxylation sites is 2. The van der Waals surface area contributed by atoms with Gasteiger partial charge in [0.05, 0.1) is 17.3 Å². The standard InChI is InChI=1S/C25H28N4O4/c1-17(13-18-14-28-25-20(18)6-4-8-24(25)31-12-10-26)27-15-19(30)16-32-22-7-3-2-5-21(22)23-9-11-29-33-23/h2-11,14,17,19,26-28,30H,12-13,15-16H2,1H3/t17?,19-/m0/s1. The number of aliphatic hydroxyl groups excluding tert-OH is 1. The SMILES string of the molecule is CC(Cc1c[nH]c2c(OCC=N)cccc12)NC[C@H](O)COc1ccccc1-c1ccno1. The van der Waals surface area contributed by atoms with E-state index in [1.807, 2.05) is 42.6 Å². The summed E-state index contributed by atoms with van der Waals surface area (Å²) in [5.74, 6) is 2.00. The Morgan fingerprint density at radius 3 is 2.82 bits per heavy atom. The zero-order valence-electron chi connectivity index (χ0n) is 18.5. The van der Waals surface area contributed by atoms with E-state index in [0.29, 0.717) is 18.1 Å². The minimum Gasteiger partial charge on any atom is -0.490 e. The van der Waals surface area contributed by atoms with Gasteiger partial charge in [-0.1, -0.05) is 29.4 Å².